The lowest BCUT2D eigenvalue weighted by molar-refractivity contribution is 0.0978. The lowest BCUT2D eigenvalue weighted by Crippen LogP contribution is -2.34. The van der Waals surface area contributed by atoms with Crippen molar-refractivity contribution in [3.05, 3.63) is 56.5 Å². The molecule has 3 rings (SSSR count). The van der Waals surface area contributed by atoms with E-state index in [9.17, 15) is 4.79 Å². The molecular weight excluding hydrogens is 469 g/mol. The smallest absolute Gasteiger partial charge is 0.258 e. The number of carbonyl (C=O) groups is 1. The second-order valence-electron chi connectivity index (χ2n) is 6.25. The Labute approximate surface area is 182 Å². The van der Waals surface area contributed by atoms with Crippen LogP contribution in [-0.2, 0) is 0 Å². The molecule has 0 bridgehead atoms. The minimum Gasteiger partial charge on any atom is -0.370 e. The van der Waals surface area contributed by atoms with Crippen molar-refractivity contribution in [3.63, 3.8) is 0 Å². The zero-order valence-electron chi connectivity index (χ0n) is 14.4. The number of nitrogens with one attached hydrogen (secondary N) is 2. The van der Waals surface area contributed by atoms with Crippen LogP contribution in [0.25, 0.3) is 0 Å². The molecule has 4 nitrogen and oxygen atoms in total. The number of piperidine rings is 1. The third kappa shape index (κ3) is 5.35. The molecule has 1 heterocycles. The van der Waals surface area contributed by atoms with E-state index in [0.717, 1.165) is 23.2 Å². The van der Waals surface area contributed by atoms with Gasteiger partial charge in [0.25, 0.3) is 5.91 Å². The van der Waals surface area contributed by atoms with Crippen molar-refractivity contribution in [1.82, 2.24) is 5.32 Å². The maximum absolute atomic E-state index is 12.4. The van der Waals surface area contributed by atoms with Crippen LogP contribution in [0, 0.1) is 0 Å². The number of thiocarbonyl (C=S) groups is 1. The molecule has 1 amide bonds. The predicted molar refractivity (Wildman–Crippen MR) is 120 cm³/mol. The highest BCUT2D eigenvalue weighted by Gasteiger charge is 2.15. The maximum Gasteiger partial charge on any atom is 0.258 e. The first-order chi connectivity index (χ1) is 12.9. The number of rotatable bonds is 3. The molecule has 1 saturated heterocycles. The van der Waals surface area contributed by atoms with E-state index in [-0.39, 0.29) is 11.0 Å². The van der Waals surface area contributed by atoms with E-state index in [0.29, 0.717) is 21.3 Å². The molecule has 0 aliphatic carbocycles. The lowest BCUT2D eigenvalue weighted by Gasteiger charge is -2.29. The highest BCUT2D eigenvalue weighted by atomic mass is 79.9. The zero-order valence-corrected chi connectivity index (χ0v) is 18.3. The van der Waals surface area contributed by atoms with Crippen molar-refractivity contribution < 1.29 is 4.79 Å². The fourth-order valence-electron chi connectivity index (χ4n) is 2.98. The topological polar surface area (TPSA) is 44.4 Å². The summed E-state index contributed by atoms with van der Waals surface area (Å²) in [5.41, 5.74) is 2.08. The molecular formula is C19H18BrCl2N3OS. The highest BCUT2D eigenvalue weighted by Crippen LogP contribution is 2.30. The maximum atomic E-state index is 12.4. The van der Waals surface area contributed by atoms with Gasteiger partial charge in [0.05, 0.1) is 21.3 Å². The molecule has 8 heteroatoms. The summed E-state index contributed by atoms with van der Waals surface area (Å²) in [5.74, 6) is -0.380. The van der Waals surface area contributed by atoms with E-state index in [1.54, 1.807) is 18.2 Å². The van der Waals surface area contributed by atoms with Gasteiger partial charge in [-0.05, 0) is 67.9 Å². The Balaban J connectivity index is 1.64. The largest absolute Gasteiger partial charge is 0.370 e. The molecule has 142 valence electrons. The van der Waals surface area contributed by atoms with E-state index >= 15 is 0 Å². The Bertz CT molecular complexity index is 872. The Hall–Kier alpha value is -1.34. The van der Waals surface area contributed by atoms with Crippen molar-refractivity contribution in [2.45, 2.75) is 19.3 Å². The van der Waals surface area contributed by atoms with Crippen LogP contribution in [0.3, 0.4) is 0 Å². The van der Waals surface area contributed by atoms with Gasteiger partial charge >= 0.3 is 0 Å². The van der Waals surface area contributed by atoms with Crippen LogP contribution in [0.5, 0.6) is 0 Å². The van der Waals surface area contributed by atoms with Gasteiger partial charge in [0.2, 0.25) is 0 Å². The van der Waals surface area contributed by atoms with E-state index in [1.807, 2.05) is 18.2 Å². The molecule has 0 atom stereocenters. The van der Waals surface area contributed by atoms with Gasteiger partial charge in [0.15, 0.2) is 5.11 Å². The Kier molecular flexibility index (Phi) is 6.98. The summed E-state index contributed by atoms with van der Waals surface area (Å²) >= 11 is 21.1. The molecule has 2 N–H and O–H groups in total. The van der Waals surface area contributed by atoms with Gasteiger partial charge in [-0.25, -0.2) is 0 Å². The van der Waals surface area contributed by atoms with Gasteiger partial charge in [0.1, 0.15) is 0 Å². The summed E-state index contributed by atoms with van der Waals surface area (Å²) in [5, 5.41) is 6.81. The summed E-state index contributed by atoms with van der Waals surface area (Å²) in [6.45, 7) is 2.04. The number of nitrogens with zero attached hydrogens (tertiary/aromatic N) is 1. The quantitative estimate of drug-likeness (QED) is 0.532. The Morgan fingerprint density at radius 1 is 1.04 bits per heavy atom. The van der Waals surface area contributed by atoms with E-state index < -0.39 is 0 Å². The molecule has 1 aliphatic rings. The number of hydrogen-bond acceptors (Lipinski definition) is 3. The fourth-order valence-corrected chi connectivity index (χ4v) is 4.06. The average Bonchev–Trinajstić information content (AvgIpc) is 2.64. The predicted octanol–water partition coefficient (Wildman–Crippen LogP) is 5.87. The molecule has 0 radical (unpaired) electrons. The number of amides is 1. The molecule has 0 saturated carbocycles. The third-order valence-electron chi connectivity index (χ3n) is 4.30. The number of halogens is 3. The summed E-state index contributed by atoms with van der Waals surface area (Å²) < 4.78 is 0.760. The summed E-state index contributed by atoms with van der Waals surface area (Å²) in [4.78, 5) is 14.7. The van der Waals surface area contributed by atoms with Crippen molar-refractivity contribution in [2.75, 3.05) is 23.3 Å². The first kappa shape index (κ1) is 20.4. The summed E-state index contributed by atoms with van der Waals surface area (Å²) in [6, 6.07) is 10.8. The first-order valence-electron chi connectivity index (χ1n) is 8.56. The zero-order chi connectivity index (χ0) is 19.4. The van der Waals surface area contributed by atoms with Gasteiger partial charge in [-0.15, -0.1) is 0 Å². The van der Waals surface area contributed by atoms with Crippen molar-refractivity contribution in [3.8, 4) is 0 Å². The fraction of sp³-hybridized carbons (Fsp3) is 0.263. The van der Waals surface area contributed by atoms with Gasteiger partial charge in [-0.3, -0.25) is 10.1 Å². The highest BCUT2D eigenvalue weighted by molar-refractivity contribution is 9.10. The Morgan fingerprint density at radius 3 is 2.48 bits per heavy atom. The van der Waals surface area contributed by atoms with Crippen molar-refractivity contribution in [2.24, 2.45) is 0 Å². The monoisotopic (exact) mass is 485 g/mol. The van der Waals surface area contributed by atoms with Crippen LogP contribution in [0.4, 0.5) is 11.4 Å². The van der Waals surface area contributed by atoms with Crippen LogP contribution < -0.4 is 15.5 Å². The molecule has 0 spiro atoms. The average molecular weight is 487 g/mol. The van der Waals surface area contributed by atoms with Crippen molar-refractivity contribution >= 4 is 73.7 Å². The minimum atomic E-state index is -0.380. The standard InChI is InChI=1S/C19H18BrCl2N3OS/c20-12-4-6-15(21)14(10-12)18(26)24-19(27)23-13-5-7-17(16(22)11-13)25-8-2-1-3-9-25/h4-7,10-11H,1-3,8-9H2,(H2,23,24,26,27). The molecule has 0 aromatic heterocycles. The van der Waals surface area contributed by atoms with E-state index in [1.165, 1.54) is 19.3 Å². The lowest BCUT2D eigenvalue weighted by atomic mass is 10.1. The van der Waals surface area contributed by atoms with Crippen LogP contribution >= 0.6 is 51.3 Å². The summed E-state index contributed by atoms with van der Waals surface area (Å²) in [7, 11) is 0. The minimum absolute atomic E-state index is 0.179. The Morgan fingerprint density at radius 2 is 1.78 bits per heavy atom. The normalized spacial score (nSPS) is 14.0. The number of benzene rings is 2. The molecule has 2 aromatic rings. The molecule has 27 heavy (non-hydrogen) atoms. The van der Waals surface area contributed by atoms with Crippen LogP contribution in [0.15, 0.2) is 40.9 Å². The first-order valence-corrected chi connectivity index (χ1v) is 10.5. The van der Waals surface area contributed by atoms with E-state index in [4.69, 9.17) is 35.4 Å². The molecule has 2 aromatic carbocycles. The second-order valence-corrected chi connectivity index (χ2v) is 8.38. The third-order valence-corrected chi connectivity index (χ3v) is 5.63. The number of carbonyl (C=O) groups excluding carboxylic acids is 1. The molecule has 0 unspecified atom stereocenters. The van der Waals surface area contributed by atoms with Gasteiger partial charge in [-0.2, -0.15) is 0 Å². The number of hydrogen-bond donors (Lipinski definition) is 2. The van der Waals surface area contributed by atoms with Crippen LogP contribution in [0.1, 0.15) is 29.6 Å². The second kappa shape index (κ2) is 9.24. The summed E-state index contributed by atoms with van der Waals surface area (Å²) in [6.07, 6.45) is 3.64. The van der Waals surface area contributed by atoms with Gasteiger partial charge in [0, 0.05) is 23.2 Å². The molecule has 1 aliphatic heterocycles. The van der Waals surface area contributed by atoms with Gasteiger partial charge < -0.3 is 10.2 Å². The van der Waals surface area contributed by atoms with E-state index in [2.05, 4.69) is 31.5 Å². The van der Waals surface area contributed by atoms with Crippen LogP contribution in [0.2, 0.25) is 10.0 Å². The van der Waals surface area contributed by atoms with Gasteiger partial charge in [-0.1, -0.05) is 39.1 Å². The van der Waals surface area contributed by atoms with Crippen molar-refractivity contribution in [1.29, 1.82) is 0 Å². The number of anilines is 2. The SMILES string of the molecule is O=C(NC(=S)Nc1ccc(N2CCCCC2)c(Cl)c1)c1cc(Br)ccc1Cl. The molecule has 1 fully saturated rings. The van der Waals surface area contributed by atoms with Crippen LogP contribution in [-0.4, -0.2) is 24.1 Å².